The van der Waals surface area contributed by atoms with Gasteiger partial charge in [0.05, 0.1) is 0 Å². The van der Waals surface area contributed by atoms with Crippen LogP contribution in [0.5, 0.6) is 0 Å². The lowest BCUT2D eigenvalue weighted by molar-refractivity contribution is -0.123. The summed E-state index contributed by atoms with van der Waals surface area (Å²) >= 11 is 0. The van der Waals surface area contributed by atoms with E-state index in [9.17, 15) is 14.4 Å². The molecule has 3 amide bonds. The molecule has 0 radical (unpaired) electrons. The van der Waals surface area contributed by atoms with E-state index in [-0.39, 0.29) is 0 Å². The van der Waals surface area contributed by atoms with Gasteiger partial charge in [0, 0.05) is 52.4 Å². The average molecular weight is 481 g/mol. The maximum Gasteiger partial charge on any atom is 0.209 e. The van der Waals surface area contributed by atoms with Crippen molar-refractivity contribution in [3.63, 3.8) is 0 Å². The average Bonchev–Trinajstić information content (AvgIpc) is 2.85. The molecule has 1 rings (SSSR count). The van der Waals surface area contributed by atoms with E-state index >= 15 is 0 Å². The van der Waals surface area contributed by atoms with E-state index in [4.69, 9.17) is 0 Å². The highest BCUT2D eigenvalue weighted by molar-refractivity contribution is 5.49. The van der Waals surface area contributed by atoms with Crippen molar-refractivity contribution < 1.29 is 14.4 Å². The molecular weight excluding hydrogens is 428 g/mol. The first-order valence-electron chi connectivity index (χ1n) is 14.0. The highest BCUT2D eigenvalue weighted by Gasteiger charge is 2.14. The summed E-state index contributed by atoms with van der Waals surface area (Å²) in [5, 5.41) is 0. The van der Waals surface area contributed by atoms with Gasteiger partial charge >= 0.3 is 0 Å². The van der Waals surface area contributed by atoms with Crippen LogP contribution in [0.2, 0.25) is 0 Å². The summed E-state index contributed by atoms with van der Waals surface area (Å²) < 4.78 is 0. The number of amides is 3. The molecule has 1 aliphatic heterocycles. The molecule has 34 heavy (non-hydrogen) atoms. The number of rotatable bonds is 18. The smallest absolute Gasteiger partial charge is 0.209 e. The second-order valence-corrected chi connectivity index (χ2v) is 9.86. The van der Waals surface area contributed by atoms with E-state index < -0.39 is 0 Å². The van der Waals surface area contributed by atoms with Gasteiger partial charge in [0.2, 0.25) is 19.2 Å². The molecule has 0 saturated carbocycles. The molecule has 1 heterocycles. The molecule has 1 fully saturated rings. The number of carbonyl (C=O) groups is 3. The first-order chi connectivity index (χ1) is 16.7. The quantitative estimate of drug-likeness (QED) is 0.218. The molecular formula is C27H52N4O3. The van der Waals surface area contributed by atoms with E-state index in [2.05, 4.69) is 11.8 Å². The van der Waals surface area contributed by atoms with Crippen LogP contribution in [-0.4, -0.2) is 97.7 Å². The van der Waals surface area contributed by atoms with Gasteiger partial charge in [-0.05, 0) is 13.0 Å². The Kier molecular flexibility index (Phi) is 19.6. The van der Waals surface area contributed by atoms with E-state index in [0.717, 1.165) is 38.9 Å². The maximum atomic E-state index is 11.4. The molecule has 0 atom stereocenters. The minimum absolute atomic E-state index is 0.508. The number of unbranched alkanes of at least 4 members (excludes halogenated alkanes) is 13. The summed E-state index contributed by atoms with van der Waals surface area (Å²) in [6.45, 7) is 8.32. The Labute approximate surface area is 209 Å². The highest BCUT2D eigenvalue weighted by atomic mass is 16.1. The van der Waals surface area contributed by atoms with Crippen LogP contribution in [0.1, 0.15) is 96.8 Å². The van der Waals surface area contributed by atoms with Crippen molar-refractivity contribution in [1.29, 1.82) is 0 Å². The fourth-order valence-corrected chi connectivity index (χ4v) is 4.57. The van der Waals surface area contributed by atoms with Crippen LogP contribution in [0.15, 0.2) is 0 Å². The highest BCUT2D eigenvalue weighted by Crippen LogP contribution is 2.13. The first-order valence-corrected chi connectivity index (χ1v) is 14.0. The van der Waals surface area contributed by atoms with Crippen molar-refractivity contribution in [2.24, 2.45) is 0 Å². The van der Waals surface area contributed by atoms with Gasteiger partial charge in [-0.2, -0.15) is 0 Å². The molecule has 0 aliphatic carbocycles. The molecule has 0 spiro atoms. The second-order valence-electron chi connectivity index (χ2n) is 9.86. The van der Waals surface area contributed by atoms with Gasteiger partial charge in [0.15, 0.2) is 0 Å². The van der Waals surface area contributed by atoms with Crippen LogP contribution in [0.25, 0.3) is 0 Å². The Hall–Kier alpha value is -1.63. The van der Waals surface area contributed by atoms with Gasteiger partial charge in [0.25, 0.3) is 0 Å². The fourth-order valence-electron chi connectivity index (χ4n) is 4.57. The third-order valence-electron chi connectivity index (χ3n) is 7.03. The monoisotopic (exact) mass is 480 g/mol. The zero-order valence-corrected chi connectivity index (χ0v) is 22.0. The number of nitrogens with zero attached hydrogens (tertiary/aromatic N) is 4. The zero-order chi connectivity index (χ0) is 24.7. The number of carbonyl (C=O) groups excluding carboxylic acids is 3. The topological polar surface area (TPSA) is 64.2 Å². The summed E-state index contributed by atoms with van der Waals surface area (Å²) in [7, 11) is 0. The molecule has 0 N–H and O–H groups in total. The Bertz CT molecular complexity index is 482. The predicted octanol–water partition coefficient (Wildman–Crippen LogP) is 4.16. The standard InChI is InChI=1S/C27H52N4O3/c1-2-3-4-5-6-7-8-9-10-11-12-13-14-15-16-28-17-19-29(25-32)21-23-31(27-34)24-22-30(26-33)20-18-28/h25-27H,2-24H2,1H3. The van der Waals surface area contributed by atoms with Crippen molar-refractivity contribution >= 4 is 19.2 Å². The molecule has 1 saturated heterocycles. The minimum Gasteiger partial charge on any atom is -0.342 e. The molecule has 0 bridgehead atoms. The third kappa shape index (κ3) is 16.1. The summed E-state index contributed by atoms with van der Waals surface area (Å²) in [6, 6.07) is 0. The third-order valence-corrected chi connectivity index (χ3v) is 7.03. The number of hydrogen-bond donors (Lipinski definition) is 0. The van der Waals surface area contributed by atoms with Gasteiger partial charge in [0.1, 0.15) is 0 Å². The zero-order valence-electron chi connectivity index (χ0n) is 22.0. The van der Waals surface area contributed by atoms with Gasteiger partial charge in [-0.3, -0.25) is 19.3 Å². The van der Waals surface area contributed by atoms with Crippen molar-refractivity contribution in [2.45, 2.75) is 96.8 Å². The summed E-state index contributed by atoms with van der Waals surface area (Å²) in [5.41, 5.74) is 0. The number of hydrogen-bond acceptors (Lipinski definition) is 4. The molecule has 1 aliphatic rings. The van der Waals surface area contributed by atoms with E-state index in [1.54, 1.807) is 14.7 Å². The van der Waals surface area contributed by atoms with Gasteiger partial charge in [-0.25, -0.2) is 0 Å². The summed E-state index contributed by atoms with van der Waals surface area (Å²) in [5.74, 6) is 0. The first kappa shape index (κ1) is 30.4. The maximum absolute atomic E-state index is 11.4. The largest absolute Gasteiger partial charge is 0.342 e. The van der Waals surface area contributed by atoms with E-state index in [1.165, 1.54) is 89.9 Å². The Morgan fingerprint density at radius 3 is 1.06 bits per heavy atom. The summed E-state index contributed by atoms with van der Waals surface area (Å²) in [6.07, 6.45) is 21.6. The van der Waals surface area contributed by atoms with E-state index in [1.807, 2.05) is 0 Å². The summed E-state index contributed by atoms with van der Waals surface area (Å²) in [4.78, 5) is 41.6. The minimum atomic E-state index is 0.508. The molecule has 7 heteroatoms. The molecule has 0 unspecified atom stereocenters. The van der Waals surface area contributed by atoms with E-state index in [0.29, 0.717) is 39.3 Å². The van der Waals surface area contributed by atoms with Crippen molar-refractivity contribution in [3.05, 3.63) is 0 Å². The molecule has 0 aromatic rings. The molecule has 198 valence electrons. The van der Waals surface area contributed by atoms with Gasteiger partial charge in [-0.15, -0.1) is 0 Å². The van der Waals surface area contributed by atoms with Gasteiger partial charge in [-0.1, -0.05) is 90.4 Å². The van der Waals surface area contributed by atoms with Crippen LogP contribution < -0.4 is 0 Å². The fraction of sp³-hybridized carbons (Fsp3) is 0.889. The molecule has 0 aromatic carbocycles. The van der Waals surface area contributed by atoms with Crippen molar-refractivity contribution in [3.8, 4) is 0 Å². The van der Waals surface area contributed by atoms with Crippen molar-refractivity contribution in [1.82, 2.24) is 19.6 Å². The molecule has 7 nitrogen and oxygen atoms in total. The Morgan fingerprint density at radius 2 is 0.735 bits per heavy atom. The SMILES string of the molecule is CCCCCCCCCCCCCCCCN1CCN(C=O)CCN(C=O)CCN(C=O)CC1. The van der Waals surface area contributed by atoms with Crippen LogP contribution in [0, 0.1) is 0 Å². The van der Waals surface area contributed by atoms with Crippen LogP contribution in [0.3, 0.4) is 0 Å². The lowest BCUT2D eigenvalue weighted by Gasteiger charge is -2.31. The van der Waals surface area contributed by atoms with Crippen LogP contribution >= 0.6 is 0 Å². The van der Waals surface area contributed by atoms with Crippen molar-refractivity contribution in [2.75, 3.05) is 58.9 Å². The lowest BCUT2D eigenvalue weighted by atomic mass is 10.0. The van der Waals surface area contributed by atoms with Crippen LogP contribution in [-0.2, 0) is 14.4 Å². The van der Waals surface area contributed by atoms with Crippen LogP contribution in [0.4, 0.5) is 0 Å². The Balaban J connectivity index is 2.18. The second kappa shape index (κ2) is 21.9. The Morgan fingerprint density at radius 1 is 0.441 bits per heavy atom. The molecule has 0 aromatic heterocycles. The normalized spacial score (nSPS) is 16.7. The lowest BCUT2D eigenvalue weighted by Crippen LogP contribution is -2.45. The predicted molar refractivity (Wildman–Crippen MR) is 140 cm³/mol. The van der Waals surface area contributed by atoms with Gasteiger partial charge < -0.3 is 14.7 Å².